The molecule has 4 heterocycles. The molecule has 10 heteroatoms. The summed E-state index contributed by atoms with van der Waals surface area (Å²) < 4.78 is 10.9. The third-order valence-corrected chi connectivity index (χ3v) is 8.09. The fraction of sp³-hybridized carbons (Fsp3) is 0.654. The van der Waals surface area contributed by atoms with Gasteiger partial charge in [0.1, 0.15) is 5.75 Å². The van der Waals surface area contributed by atoms with Crippen LogP contribution >= 0.6 is 0 Å². The second kappa shape index (κ2) is 10.6. The lowest BCUT2D eigenvalue weighted by molar-refractivity contribution is -0.142. The van der Waals surface area contributed by atoms with Gasteiger partial charge in [0.25, 0.3) is 0 Å². The number of carbonyl (C=O) groups excluding carboxylic acids is 3. The highest BCUT2D eigenvalue weighted by molar-refractivity contribution is 5.83. The number of hydrogen-bond donors (Lipinski definition) is 0. The summed E-state index contributed by atoms with van der Waals surface area (Å²) in [6.07, 6.45) is 0.664. The summed E-state index contributed by atoms with van der Waals surface area (Å²) in [6, 6.07) is 6.09. The maximum absolute atomic E-state index is 13.9. The number of carbonyl (C=O) groups is 3. The number of methoxy groups -OCH3 is 1. The van der Waals surface area contributed by atoms with Crippen molar-refractivity contribution >= 4 is 23.4 Å². The van der Waals surface area contributed by atoms with Crippen molar-refractivity contribution in [1.29, 1.82) is 0 Å². The van der Waals surface area contributed by atoms with Gasteiger partial charge in [-0.1, -0.05) is 6.07 Å². The number of ether oxygens (including phenoxy) is 2. The first-order valence-electron chi connectivity index (χ1n) is 13.0. The minimum Gasteiger partial charge on any atom is -0.497 e. The third kappa shape index (κ3) is 5.01. The molecule has 0 saturated carbocycles. The first-order valence-corrected chi connectivity index (χ1v) is 13.0. The quantitative estimate of drug-likeness (QED) is 0.572. The van der Waals surface area contributed by atoms with E-state index in [0.717, 1.165) is 30.1 Å². The lowest BCUT2D eigenvalue weighted by Gasteiger charge is -2.50. The van der Waals surface area contributed by atoms with Crippen molar-refractivity contribution in [2.45, 2.75) is 19.4 Å². The number of nitrogens with zero attached hydrogens (tertiary/aromatic N) is 5. The molecule has 3 amide bonds. The van der Waals surface area contributed by atoms with Crippen molar-refractivity contribution in [1.82, 2.24) is 19.6 Å². The summed E-state index contributed by atoms with van der Waals surface area (Å²) in [7, 11) is 1.67. The molecule has 0 N–H and O–H groups in total. The zero-order valence-electron chi connectivity index (χ0n) is 21.4. The molecule has 3 fully saturated rings. The van der Waals surface area contributed by atoms with E-state index in [1.54, 1.807) is 18.9 Å². The van der Waals surface area contributed by atoms with E-state index >= 15 is 0 Å². The van der Waals surface area contributed by atoms with Gasteiger partial charge in [-0.05, 0) is 18.1 Å². The zero-order valence-corrected chi connectivity index (χ0v) is 21.4. The molecule has 1 aromatic carbocycles. The van der Waals surface area contributed by atoms with Gasteiger partial charge >= 0.3 is 0 Å². The highest BCUT2D eigenvalue weighted by Gasteiger charge is 2.44. The van der Waals surface area contributed by atoms with E-state index < -0.39 is 0 Å². The van der Waals surface area contributed by atoms with Crippen molar-refractivity contribution in [2.75, 3.05) is 90.7 Å². The van der Waals surface area contributed by atoms with E-state index in [0.29, 0.717) is 72.0 Å². The second-order valence-corrected chi connectivity index (χ2v) is 10.1. The number of rotatable bonds is 4. The van der Waals surface area contributed by atoms with Gasteiger partial charge in [0, 0.05) is 77.6 Å². The van der Waals surface area contributed by atoms with Gasteiger partial charge in [0.15, 0.2) is 0 Å². The van der Waals surface area contributed by atoms with Crippen LogP contribution in [0.25, 0.3) is 0 Å². The van der Waals surface area contributed by atoms with Crippen molar-refractivity contribution in [3.63, 3.8) is 0 Å². The number of amides is 3. The van der Waals surface area contributed by atoms with Crippen LogP contribution in [0.15, 0.2) is 18.2 Å². The minimum atomic E-state index is -0.198. The largest absolute Gasteiger partial charge is 0.497 e. The molecule has 0 radical (unpaired) electrons. The number of morpholine rings is 1. The van der Waals surface area contributed by atoms with Crippen LogP contribution in [-0.2, 0) is 25.5 Å². The molecule has 36 heavy (non-hydrogen) atoms. The SMILES string of the molecule is COc1ccc2c(c1)N1CCN(CC(=O)N3CCOCC3)CC1C(C(=O)N1CCN(C(C)=O)CC1)C2. The summed E-state index contributed by atoms with van der Waals surface area (Å²) >= 11 is 0. The van der Waals surface area contributed by atoms with Crippen LogP contribution in [0.5, 0.6) is 5.75 Å². The average molecular weight is 500 g/mol. The molecule has 2 atom stereocenters. The topological polar surface area (TPSA) is 85.9 Å². The maximum Gasteiger partial charge on any atom is 0.236 e. The normalized spacial score (nSPS) is 24.7. The van der Waals surface area contributed by atoms with Gasteiger partial charge < -0.3 is 29.1 Å². The van der Waals surface area contributed by atoms with Crippen molar-refractivity contribution in [3.05, 3.63) is 23.8 Å². The van der Waals surface area contributed by atoms with Gasteiger partial charge in [-0.15, -0.1) is 0 Å². The van der Waals surface area contributed by atoms with E-state index in [2.05, 4.69) is 21.9 Å². The predicted molar refractivity (Wildman–Crippen MR) is 134 cm³/mol. The molecule has 3 saturated heterocycles. The first-order chi connectivity index (χ1) is 17.4. The van der Waals surface area contributed by atoms with Crippen molar-refractivity contribution in [2.24, 2.45) is 5.92 Å². The molecular formula is C26H37N5O5. The second-order valence-electron chi connectivity index (χ2n) is 10.1. The third-order valence-electron chi connectivity index (χ3n) is 8.09. The fourth-order valence-corrected chi connectivity index (χ4v) is 5.97. The molecule has 2 unspecified atom stereocenters. The van der Waals surface area contributed by atoms with Gasteiger partial charge in [0.2, 0.25) is 17.7 Å². The molecule has 4 aliphatic heterocycles. The lowest BCUT2D eigenvalue weighted by atomic mass is 9.82. The van der Waals surface area contributed by atoms with Crippen LogP contribution in [0, 0.1) is 5.92 Å². The van der Waals surface area contributed by atoms with Crippen LogP contribution in [0.2, 0.25) is 0 Å². The van der Waals surface area contributed by atoms with E-state index in [1.165, 1.54) is 0 Å². The van der Waals surface area contributed by atoms with Gasteiger partial charge in [-0.2, -0.15) is 0 Å². The smallest absolute Gasteiger partial charge is 0.236 e. The first kappa shape index (κ1) is 24.8. The highest BCUT2D eigenvalue weighted by Crippen LogP contribution is 2.39. The van der Waals surface area contributed by atoms with Crippen LogP contribution in [0.4, 0.5) is 5.69 Å². The van der Waals surface area contributed by atoms with E-state index in [-0.39, 0.29) is 29.7 Å². The zero-order chi connectivity index (χ0) is 25.2. The summed E-state index contributed by atoms with van der Waals surface area (Å²) in [6.45, 7) is 8.89. The van der Waals surface area contributed by atoms with Crippen molar-refractivity contribution in [3.8, 4) is 5.75 Å². The Hall–Kier alpha value is -2.85. The Kier molecular flexibility index (Phi) is 7.34. The molecule has 0 aromatic heterocycles. The lowest BCUT2D eigenvalue weighted by Crippen LogP contribution is -2.63. The number of hydrogen-bond acceptors (Lipinski definition) is 7. The summed E-state index contributed by atoms with van der Waals surface area (Å²) in [4.78, 5) is 48.7. The van der Waals surface area contributed by atoms with E-state index in [9.17, 15) is 14.4 Å². The fourth-order valence-electron chi connectivity index (χ4n) is 5.97. The Morgan fingerprint density at radius 1 is 0.944 bits per heavy atom. The molecule has 0 spiro atoms. The Morgan fingerprint density at radius 2 is 1.67 bits per heavy atom. The summed E-state index contributed by atoms with van der Waals surface area (Å²) in [5, 5.41) is 0. The molecule has 4 aliphatic rings. The molecule has 0 aliphatic carbocycles. The predicted octanol–water partition coefficient (Wildman–Crippen LogP) is -0.0924. The van der Waals surface area contributed by atoms with Crippen LogP contribution < -0.4 is 9.64 Å². The molecule has 5 rings (SSSR count). The Morgan fingerprint density at radius 3 is 2.36 bits per heavy atom. The monoisotopic (exact) mass is 499 g/mol. The maximum atomic E-state index is 13.9. The highest BCUT2D eigenvalue weighted by atomic mass is 16.5. The average Bonchev–Trinajstić information content (AvgIpc) is 2.92. The summed E-state index contributed by atoms with van der Waals surface area (Å²) in [5.74, 6) is 0.948. The number of anilines is 1. The van der Waals surface area contributed by atoms with Gasteiger partial charge in [0.05, 0.1) is 38.8 Å². The molecule has 196 valence electrons. The minimum absolute atomic E-state index is 0.0193. The standard InChI is InChI=1S/C26H37N5O5/c1-19(32)28-6-8-30(9-7-28)26(34)22-15-20-3-4-21(35-2)16-23(20)31-10-5-27(17-24(22)31)18-25(33)29-11-13-36-14-12-29/h3-4,16,22,24H,5-15,17-18H2,1-2H3. The Balaban J connectivity index is 1.34. The van der Waals surface area contributed by atoms with E-state index in [1.807, 2.05) is 15.9 Å². The molecule has 0 bridgehead atoms. The number of piperazine rings is 2. The summed E-state index contributed by atoms with van der Waals surface area (Å²) in [5.41, 5.74) is 2.29. The Bertz CT molecular complexity index is 989. The van der Waals surface area contributed by atoms with Gasteiger partial charge in [-0.25, -0.2) is 0 Å². The van der Waals surface area contributed by atoms with Gasteiger partial charge in [-0.3, -0.25) is 19.3 Å². The molecule has 1 aromatic rings. The van der Waals surface area contributed by atoms with E-state index in [4.69, 9.17) is 9.47 Å². The Labute approximate surface area is 212 Å². The molecular weight excluding hydrogens is 462 g/mol. The number of fused-ring (bicyclic) bond motifs is 3. The van der Waals surface area contributed by atoms with Crippen LogP contribution in [0.1, 0.15) is 12.5 Å². The van der Waals surface area contributed by atoms with Crippen LogP contribution in [-0.4, -0.2) is 129 Å². The number of benzene rings is 1. The van der Waals surface area contributed by atoms with Crippen LogP contribution in [0.3, 0.4) is 0 Å². The van der Waals surface area contributed by atoms with Crippen molar-refractivity contribution < 1.29 is 23.9 Å². The molecule has 10 nitrogen and oxygen atoms in total.